The van der Waals surface area contributed by atoms with Crippen LogP contribution in [0.1, 0.15) is 71.8 Å². The Morgan fingerprint density at radius 2 is 1.77 bits per heavy atom. The minimum atomic E-state index is -3.69. The molecule has 0 aromatic heterocycles. The zero-order valence-corrected chi connectivity index (χ0v) is 19.9. The molecule has 0 bridgehead atoms. The van der Waals surface area contributed by atoms with Crippen LogP contribution in [0.15, 0.2) is 30.3 Å². The zero-order chi connectivity index (χ0) is 21.9. The average molecular weight is 437 g/mol. The second-order valence-electron chi connectivity index (χ2n) is 9.19. The number of carbonyl (C=O) groups excluding carboxylic acids is 1. The lowest BCUT2D eigenvalue weighted by molar-refractivity contribution is -0.157. The molecule has 2 saturated carbocycles. The molecule has 6 heteroatoms. The highest BCUT2D eigenvalue weighted by molar-refractivity contribution is 7.57. The summed E-state index contributed by atoms with van der Waals surface area (Å²) in [6.07, 6.45) is 3.36. The van der Waals surface area contributed by atoms with Crippen molar-refractivity contribution in [3.63, 3.8) is 0 Å². The molecule has 5 atom stereocenters. The van der Waals surface area contributed by atoms with Gasteiger partial charge in [-0.2, -0.15) is 0 Å². The number of carbonyl (C=O) groups is 1. The lowest BCUT2D eigenvalue weighted by Gasteiger charge is -2.38. The Bertz CT molecular complexity index is 754. The fourth-order valence-electron chi connectivity index (χ4n) is 5.07. The summed E-state index contributed by atoms with van der Waals surface area (Å²) < 4.78 is 31.5. The third-order valence-corrected chi connectivity index (χ3v) is 9.64. The molecule has 30 heavy (non-hydrogen) atoms. The minimum absolute atomic E-state index is 0.146. The van der Waals surface area contributed by atoms with E-state index in [9.17, 15) is 9.36 Å². The molecule has 0 spiro atoms. The summed E-state index contributed by atoms with van der Waals surface area (Å²) >= 11 is 0. The van der Waals surface area contributed by atoms with E-state index in [1.807, 2.05) is 30.3 Å². The summed E-state index contributed by atoms with van der Waals surface area (Å²) in [5, 5.41) is -1.25. The van der Waals surface area contributed by atoms with Crippen LogP contribution in [0, 0.1) is 17.8 Å². The van der Waals surface area contributed by atoms with Crippen LogP contribution in [-0.4, -0.2) is 30.4 Å². The molecule has 2 fully saturated rings. The fraction of sp³-hybridized carbons (Fsp3) is 0.708. The average Bonchev–Trinajstić information content (AvgIpc) is 3.47. The highest BCUT2D eigenvalue weighted by atomic mass is 31.2. The molecule has 0 unspecified atom stereocenters. The topological polar surface area (TPSA) is 61.8 Å². The maximum absolute atomic E-state index is 13.9. The van der Waals surface area contributed by atoms with Crippen LogP contribution < -0.4 is 0 Å². The van der Waals surface area contributed by atoms with Crippen LogP contribution in [0.5, 0.6) is 0 Å². The van der Waals surface area contributed by atoms with Gasteiger partial charge in [-0.1, -0.05) is 57.5 Å². The molecule has 1 aromatic rings. The quantitative estimate of drug-likeness (QED) is 0.341. The molecule has 3 rings (SSSR count). The lowest BCUT2D eigenvalue weighted by Crippen LogP contribution is -2.40. The van der Waals surface area contributed by atoms with E-state index in [4.69, 9.17) is 13.8 Å². The summed E-state index contributed by atoms with van der Waals surface area (Å²) in [4.78, 5) is 13.7. The van der Waals surface area contributed by atoms with Crippen LogP contribution in [0.25, 0.3) is 0 Å². The predicted octanol–water partition coefficient (Wildman–Crippen LogP) is 6.18. The lowest BCUT2D eigenvalue weighted by atomic mass is 9.75. The van der Waals surface area contributed by atoms with Gasteiger partial charge in [0.2, 0.25) is 0 Å². The normalized spacial score (nSPS) is 31.5. The van der Waals surface area contributed by atoms with Gasteiger partial charge in [0, 0.05) is 5.92 Å². The van der Waals surface area contributed by atoms with Crippen molar-refractivity contribution in [1.29, 1.82) is 0 Å². The van der Waals surface area contributed by atoms with Gasteiger partial charge in [0.25, 0.3) is 0 Å². The van der Waals surface area contributed by atoms with Crippen molar-refractivity contribution < 1.29 is 23.1 Å². The van der Waals surface area contributed by atoms with E-state index < -0.39 is 18.7 Å². The molecule has 0 saturated heterocycles. The molecule has 1 aromatic carbocycles. The van der Waals surface area contributed by atoms with Crippen molar-refractivity contribution in [3.8, 4) is 0 Å². The Morgan fingerprint density at radius 3 is 2.33 bits per heavy atom. The highest BCUT2D eigenvalue weighted by Crippen LogP contribution is 2.77. The summed E-state index contributed by atoms with van der Waals surface area (Å²) in [7, 11) is -3.69. The molecule has 0 heterocycles. The van der Waals surface area contributed by atoms with E-state index in [0.29, 0.717) is 24.2 Å². The molecular formula is C24H37O5P. The predicted molar refractivity (Wildman–Crippen MR) is 119 cm³/mol. The molecule has 2 aliphatic rings. The Kier molecular flexibility index (Phi) is 7.48. The van der Waals surface area contributed by atoms with E-state index in [1.165, 1.54) is 0 Å². The third kappa shape index (κ3) is 4.40. The molecule has 2 aliphatic carbocycles. The third-order valence-electron chi connectivity index (χ3n) is 6.79. The van der Waals surface area contributed by atoms with E-state index in [2.05, 4.69) is 20.8 Å². The van der Waals surface area contributed by atoms with E-state index >= 15 is 0 Å². The van der Waals surface area contributed by atoms with Crippen molar-refractivity contribution in [2.75, 3.05) is 13.2 Å². The number of ether oxygens (including phenoxy) is 1. The van der Waals surface area contributed by atoms with Gasteiger partial charge in [0.15, 0.2) is 5.16 Å². The van der Waals surface area contributed by atoms with Crippen molar-refractivity contribution in [2.24, 2.45) is 17.8 Å². The molecule has 0 N–H and O–H groups in total. The number of benzene rings is 1. The van der Waals surface area contributed by atoms with E-state index in [-0.39, 0.29) is 25.2 Å². The maximum atomic E-state index is 13.9. The standard InChI is InChI=1S/C24H37O5P/c1-6-27-30(26,28-7-2)24(16-21(24)19-11-9-8-10-12-19)23(25)29-22-15-18(5)13-14-20(22)17(3)4/h8-12,17-18,20-22H,6-7,13-16H2,1-5H3/t18-,20+,21+,22-,24-/m1/s1. The first-order valence-corrected chi connectivity index (χ1v) is 13.0. The van der Waals surface area contributed by atoms with E-state index in [0.717, 1.165) is 24.8 Å². The van der Waals surface area contributed by atoms with E-state index in [1.54, 1.807) is 13.8 Å². The molecular weight excluding hydrogens is 399 g/mol. The van der Waals surface area contributed by atoms with Crippen LogP contribution in [0.2, 0.25) is 0 Å². The minimum Gasteiger partial charge on any atom is -0.461 e. The number of hydrogen-bond donors (Lipinski definition) is 0. The second kappa shape index (κ2) is 9.54. The Balaban J connectivity index is 1.92. The smallest absolute Gasteiger partial charge is 0.348 e. The maximum Gasteiger partial charge on any atom is 0.348 e. The molecule has 0 amide bonds. The SMILES string of the molecule is CCOP(=O)(OCC)[C@]1(C(=O)O[C@@H]2C[C@H](C)CC[C@H]2C(C)C)C[C@H]1c1ccccc1. The van der Waals surface area contributed by atoms with Crippen LogP contribution in [-0.2, 0) is 23.1 Å². The Labute approximate surface area is 181 Å². The van der Waals surface area contributed by atoms with Gasteiger partial charge in [-0.25, -0.2) is 0 Å². The van der Waals surface area contributed by atoms with Crippen molar-refractivity contribution in [1.82, 2.24) is 0 Å². The Hall–Kier alpha value is -1.16. The van der Waals surface area contributed by atoms with Gasteiger partial charge in [-0.15, -0.1) is 0 Å². The van der Waals surface area contributed by atoms with Crippen molar-refractivity contribution in [2.45, 2.75) is 77.5 Å². The van der Waals surface area contributed by atoms with Crippen molar-refractivity contribution >= 4 is 13.6 Å². The number of rotatable bonds is 9. The van der Waals surface area contributed by atoms with Crippen molar-refractivity contribution in [3.05, 3.63) is 35.9 Å². The largest absolute Gasteiger partial charge is 0.461 e. The monoisotopic (exact) mass is 436 g/mol. The molecule has 0 aliphatic heterocycles. The first-order valence-electron chi connectivity index (χ1n) is 11.4. The van der Waals surface area contributed by atoms with Crippen LogP contribution >= 0.6 is 7.60 Å². The van der Waals surface area contributed by atoms with Gasteiger partial charge < -0.3 is 13.8 Å². The molecule has 5 nitrogen and oxygen atoms in total. The van der Waals surface area contributed by atoms with Crippen LogP contribution in [0.3, 0.4) is 0 Å². The summed E-state index contributed by atoms with van der Waals surface area (Å²) in [6, 6.07) is 9.76. The first-order chi connectivity index (χ1) is 14.3. The van der Waals surface area contributed by atoms with Gasteiger partial charge >= 0.3 is 13.6 Å². The fourth-order valence-corrected chi connectivity index (χ4v) is 7.50. The van der Waals surface area contributed by atoms with Gasteiger partial charge in [0.05, 0.1) is 13.2 Å². The Morgan fingerprint density at radius 1 is 1.13 bits per heavy atom. The summed E-state index contributed by atoms with van der Waals surface area (Å²) in [5.74, 6) is 0.652. The highest BCUT2D eigenvalue weighted by Gasteiger charge is 2.74. The van der Waals surface area contributed by atoms with Crippen LogP contribution in [0.4, 0.5) is 0 Å². The van der Waals surface area contributed by atoms with Gasteiger partial charge in [-0.3, -0.25) is 9.36 Å². The molecule has 168 valence electrons. The molecule has 0 radical (unpaired) electrons. The summed E-state index contributed by atoms with van der Waals surface area (Å²) in [6.45, 7) is 10.6. The number of esters is 1. The van der Waals surface area contributed by atoms with Gasteiger partial charge in [0.1, 0.15) is 6.10 Å². The first kappa shape index (κ1) is 23.5. The van der Waals surface area contributed by atoms with Gasteiger partial charge in [-0.05, 0) is 56.4 Å². The zero-order valence-electron chi connectivity index (χ0n) is 19.0. The second-order valence-corrected chi connectivity index (χ2v) is 11.5. The number of hydrogen-bond acceptors (Lipinski definition) is 5. The summed E-state index contributed by atoms with van der Waals surface area (Å²) in [5.41, 5.74) is 0.978.